The van der Waals surface area contributed by atoms with Gasteiger partial charge in [-0.05, 0) is 44.7 Å². The van der Waals surface area contributed by atoms with E-state index >= 15 is 0 Å². The quantitative estimate of drug-likeness (QED) is 0.598. The molecule has 1 fully saturated rings. The van der Waals surface area contributed by atoms with Gasteiger partial charge in [-0.15, -0.1) is 0 Å². The summed E-state index contributed by atoms with van der Waals surface area (Å²) in [5.41, 5.74) is 5.80. The molecular formula is C9H20N2. The highest BCUT2D eigenvalue weighted by atomic mass is 14.9. The van der Waals surface area contributed by atoms with E-state index in [0.29, 0.717) is 6.04 Å². The summed E-state index contributed by atoms with van der Waals surface area (Å²) < 4.78 is 0. The summed E-state index contributed by atoms with van der Waals surface area (Å²) in [4.78, 5) is 0. The minimum absolute atomic E-state index is 0.489. The zero-order chi connectivity index (χ0) is 8.10. The van der Waals surface area contributed by atoms with Crippen molar-refractivity contribution in [3.05, 3.63) is 0 Å². The summed E-state index contributed by atoms with van der Waals surface area (Å²) in [6.45, 7) is 4.54. The number of nitrogens with two attached hydrogens (primary N) is 1. The lowest BCUT2D eigenvalue weighted by Gasteiger charge is -2.09. The fourth-order valence-electron chi connectivity index (χ4n) is 1.78. The van der Waals surface area contributed by atoms with E-state index in [4.69, 9.17) is 5.73 Å². The first-order valence-corrected chi connectivity index (χ1v) is 4.79. The van der Waals surface area contributed by atoms with Crippen LogP contribution in [0, 0.1) is 5.92 Å². The summed E-state index contributed by atoms with van der Waals surface area (Å²) >= 11 is 0. The Hall–Kier alpha value is -0.0800. The molecule has 2 unspecified atom stereocenters. The van der Waals surface area contributed by atoms with Crippen molar-refractivity contribution in [3.8, 4) is 0 Å². The van der Waals surface area contributed by atoms with Crippen LogP contribution in [0.25, 0.3) is 0 Å². The summed E-state index contributed by atoms with van der Waals surface area (Å²) in [7, 11) is 0. The zero-order valence-corrected chi connectivity index (χ0v) is 7.47. The first kappa shape index (κ1) is 9.01. The van der Waals surface area contributed by atoms with Crippen molar-refractivity contribution in [1.82, 2.24) is 5.32 Å². The standard InChI is InChI=1S/C9H20N2/c1-2-5-11-7-8-3-4-9(10)6-8/h8-9,11H,2-7,10H2,1H3. The second-order valence-electron chi connectivity index (χ2n) is 3.64. The monoisotopic (exact) mass is 156 g/mol. The van der Waals surface area contributed by atoms with Gasteiger partial charge in [-0.2, -0.15) is 0 Å². The van der Waals surface area contributed by atoms with Gasteiger partial charge in [0.1, 0.15) is 0 Å². The Bertz CT molecular complexity index is 104. The fourth-order valence-corrected chi connectivity index (χ4v) is 1.78. The topological polar surface area (TPSA) is 38.0 Å². The Morgan fingerprint density at radius 2 is 2.27 bits per heavy atom. The van der Waals surface area contributed by atoms with Gasteiger partial charge in [0.15, 0.2) is 0 Å². The van der Waals surface area contributed by atoms with Gasteiger partial charge < -0.3 is 11.1 Å². The van der Waals surface area contributed by atoms with Crippen LogP contribution in [0.3, 0.4) is 0 Å². The number of hydrogen-bond donors (Lipinski definition) is 2. The van der Waals surface area contributed by atoms with Gasteiger partial charge in [0.2, 0.25) is 0 Å². The van der Waals surface area contributed by atoms with Gasteiger partial charge in [-0.3, -0.25) is 0 Å². The van der Waals surface area contributed by atoms with Crippen molar-refractivity contribution in [3.63, 3.8) is 0 Å². The first-order chi connectivity index (χ1) is 5.33. The van der Waals surface area contributed by atoms with Crippen LogP contribution in [-0.4, -0.2) is 19.1 Å². The van der Waals surface area contributed by atoms with E-state index in [1.807, 2.05) is 0 Å². The van der Waals surface area contributed by atoms with Gasteiger partial charge >= 0.3 is 0 Å². The maximum atomic E-state index is 5.80. The van der Waals surface area contributed by atoms with Crippen molar-refractivity contribution in [2.45, 2.75) is 38.6 Å². The molecule has 0 aromatic heterocycles. The fraction of sp³-hybridized carbons (Fsp3) is 1.00. The van der Waals surface area contributed by atoms with Crippen LogP contribution in [0.1, 0.15) is 32.6 Å². The molecule has 2 heteroatoms. The normalized spacial score (nSPS) is 31.1. The van der Waals surface area contributed by atoms with Crippen molar-refractivity contribution >= 4 is 0 Å². The highest BCUT2D eigenvalue weighted by Crippen LogP contribution is 2.22. The molecule has 0 aromatic carbocycles. The lowest BCUT2D eigenvalue weighted by molar-refractivity contribution is 0.483. The van der Waals surface area contributed by atoms with Crippen LogP contribution in [0.4, 0.5) is 0 Å². The Balaban J connectivity index is 1.99. The predicted octanol–water partition coefficient (Wildman–Crippen LogP) is 1.11. The Labute approximate surface area is 69.5 Å². The molecule has 0 aromatic rings. The molecule has 0 aliphatic heterocycles. The molecular weight excluding hydrogens is 136 g/mol. The number of hydrogen-bond acceptors (Lipinski definition) is 2. The zero-order valence-electron chi connectivity index (χ0n) is 7.47. The van der Waals surface area contributed by atoms with Gasteiger partial charge in [-0.1, -0.05) is 6.92 Å². The molecule has 2 atom stereocenters. The van der Waals surface area contributed by atoms with Crippen LogP contribution in [-0.2, 0) is 0 Å². The van der Waals surface area contributed by atoms with Crippen LogP contribution >= 0.6 is 0 Å². The van der Waals surface area contributed by atoms with Gasteiger partial charge in [0.05, 0.1) is 0 Å². The largest absolute Gasteiger partial charge is 0.328 e. The van der Waals surface area contributed by atoms with E-state index in [-0.39, 0.29) is 0 Å². The summed E-state index contributed by atoms with van der Waals surface area (Å²) in [6, 6.07) is 0.489. The van der Waals surface area contributed by atoms with E-state index < -0.39 is 0 Å². The minimum atomic E-state index is 0.489. The molecule has 1 aliphatic rings. The third-order valence-electron chi connectivity index (χ3n) is 2.44. The highest BCUT2D eigenvalue weighted by molar-refractivity contribution is 4.78. The lowest BCUT2D eigenvalue weighted by atomic mass is 10.1. The SMILES string of the molecule is CCCNCC1CCC(N)C1. The van der Waals surface area contributed by atoms with Gasteiger partial charge in [0.25, 0.3) is 0 Å². The smallest absolute Gasteiger partial charge is 0.00420 e. The third-order valence-corrected chi connectivity index (χ3v) is 2.44. The maximum Gasteiger partial charge on any atom is 0.00420 e. The summed E-state index contributed by atoms with van der Waals surface area (Å²) in [6.07, 6.45) is 5.03. The molecule has 1 rings (SSSR count). The summed E-state index contributed by atoms with van der Waals surface area (Å²) in [5.74, 6) is 0.858. The van der Waals surface area contributed by atoms with E-state index in [0.717, 1.165) is 12.5 Å². The summed E-state index contributed by atoms with van der Waals surface area (Å²) in [5, 5.41) is 3.44. The molecule has 0 heterocycles. The maximum absolute atomic E-state index is 5.80. The molecule has 0 bridgehead atoms. The predicted molar refractivity (Wildman–Crippen MR) is 48.5 cm³/mol. The second-order valence-corrected chi connectivity index (χ2v) is 3.64. The van der Waals surface area contributed by atoms with E-state index in [1.165, 1.54) is 32.2 Å². The van der Waals surface area contributed by atoms with Gasteiger partial charge in [0, 0.05) is 6.04 Å². The lowest BCUT2D eigenvalue weighted by Crippen LogP contribution is -2.23. The average Bonchev–Trinajstić information content (AvgIpc) is 2.37. The molecule has 2 nitrogen and oxygen atoms in total. The first-order valence-electron chi connectivity index (χ1n) is 4.79. The van der Waals surface area contributed by atoms with Crippen LogP contribution in [0.15, 0.2) is 0 Å². The molecule has 0 radical (unpaired) electrons. The Kier molecular flexibility index (Phi) is 3.87. The molecule has 0 amide bonds. The van der Waals surface area contributed by atoms with E-state index in [1.54, 1.807) is 0 Å². The van der Waals surface area contributed by atoms with E-state index in [2.05, 4.69) is 12.2 Å². The van der Waals surface area contributed by atoms with Gasteiger partial charge in [-0.25, -0.2) is 0 Å². The molecule has 1 aliphatic carbocycles. The van der Waals surface area contributed by atoms with Crippen LogP contribution in [0.5, 0.6) is 0 Å². The Morgan fingerprint density at radius 3 is 2.82 bits per heavy atom. The average molecular weight is 156 g/mol. The molecule has 66 valence electrons. The third kappa shape index (κ3) is 3.21. The molecule has 0 spiro atoms. The van der Waals surface area contributed by atoms with Crippen molar-refractivity contribution in [2.75, 3.05) is 13.1 Å². The van der Waals surface area contributed by atoms with Crippen molar-refractivity contribution < 1.29 is 0 Å². The molecule has 1 saturated carbocycles. The molecule has 3 N–H and O–H groups in total. The Morgan fingerprint density at radius 1 is 1.45 bits per heavy atom. The number of rotatable bonds is 4. The number of nitrogens with one attached hydrogen (secondary N) is 1. The van der Waals surface area contributed by atoms with E-state index in [9.17, 15) is 0 Å². The second kappa shape index (κ2) is 4.73. The molecule has 0 saturated heterocycles. The highest BCUT2D eigenvalue weighted by Gasteiger charge is 2.20. The van der Waals surface area contributed by atoms with Crippen LogP contribution in [0.2, 0.25) is 0 Å². The van der Waals surface area contributed by atoms with Crippen molar-refractivity contribution in [2.24, 2.45) is 11.7 Å². The minimum Gasteiger partial charge on any atom is -0.328 e. The van der Waals surface area contributed by atoms with Crippen LogP contribution < -0.4 is 11.1 Å². The van der Waals surface area contributed by atoms with Crippen molar-refractivity contribution in [1.29, 1.82) is 0 Å². The molecule has 11 heavy (non-hydrogen) atoms.